The van der Waals surface area contributed by atoms with Gasteiger partial charge in [0, 0.05) is 23.0 Å². The van der Waals surface area contributed by atoms with Gasteiger partial charge in [0.15, 0.2) is 0 Å². The molecular formula is C10H11Cl2NOS. The molecule has 2 rings (SSSR count). The lowest BCUT2D eigenvalue weighted by Gasteiger charge is -2.03. The summed E-state index contributed by atoms with van der Waals surface area (Å²) in [6.45, 7) is 1.96. The molecule has 0 saturated carbocycles. The second-order valence-corrected chi connectivity index (χ2v) is 4.47. The van der Waals surface area contributed by atoms with Crippen LogP contribution >= 0.6 is 35.3 Å². The van der Waals surface area contributed by atoms with Crippen molar-refractivity contribution in [2.24, 2.45) is 0 Å². The zero-order chi connectivity index (χ0) is 10.1. The summed E-state index contributed by atoms with van der Waals surface area (Å²) in [6.07, 6.45) is 2.45. The number of alkyl halides is 1. The van der Waals surface area contributed by atoms with Crippen LogP contribution in [0.1, 0.15) is 11.1 Å². The molecule has 0 radical (unpaired) electrons. The number of pyridine rings is 1. The number of halogens is 2. The summed E-state index contributed by atoms with van der Waals surface area (Å²) in [4.78, 5) is 12.9. The van der Waals surface area contributed by atoms with Crippen LogP contribution in [0.3, 0.4) is 0 Å². The van der Waals surface area contributed by atoms with Crippen LogP contribution in [-0.2, 0) is 6.42 Å². The number of nitrogens with zero attached hydrogens (tertiary/aromatic N) is 1. The van der Waals surface area contributed by atoms with Gasteiger partial charge in [-0.3, -0.25) is 9.20 Å². The van der Waals surface area contributed by atoms with E-state index in [0.29, 0.717) is 12.3 Å². The quantitative estimate of drug-likeness (QED) is 0.764. The standard InChI is InChI=1S/C10H10ClNOS.ClH/c1-7-6-9-12(4-5-14-9)10(13)8(7)2-3-11;/h4-6H,2-3H2,1H3;1H. The van der Waals surface area contributed by atoms with E-state index in [1.165, 1.54) is 0 Å². The van der Waals surface area contributed by atoms with Crippen LogP contribution in [0.5, 0.6) is 0 Å². The lowest BCUT2D eigenvalue weighted by atomic mass is 10.1. The van der Waals surface area contributed by atoms with Crippen molar-refractivity contribution in [3.8, 4) is 0 Å². The molecule has 2 heterocycles. The fourth-order valence-electron chi connectivity index (χ4n) is 1.55. The second-order valence-electron chi connectivity index (χ2n) is 3.16. The first-order valence-corrected chi connectivity index (χ1v) is 5.80. The predicted octanol–water partition coefficient (Wildman–Crippen LogP) is 2.87. The number of aromatic nitrogens is 1. The predicted molar refractivity (Wildman–Crippen MR) is 68.0 cm³/mol. The van der Waals surface area contributed by atoms with Gasteiger partial charge in [0.2, 0.25) is 0 Å². The third-order valence-electron chi connectivity index (χ3n) is 2.27. The lowest BCUT2D eigenvalue weighted by molar-refractivity contribution is 1.00. The maximum atomic E-state index is 11.9. The Bertz CT molecular complexity index is 518. The Kier molecular flexibility index (Phi) is 4.20. The number of rotatable bonds is 2. The van der Waals surface area contributed by atoms with E-state index in [1.807, 2.05) is 18.4 Å². The molecule has 0 aromatic carbocycles. The Morgan fingerprint density at radius 3 is 2.93 bits per heavy atom. The monoisotopic (exact) mass is 263 g/mol. The number of hydrogen-bond donors (Lipinski definition) is 0. The molecule has 0 fully saturated rings. The fourth-order valence-corrected chi connectivity index (χ4v) is 2.56. The third-order valence-corrected chi connectivity index (χ3v) is 3.28. The van der Waals surface area contributed by atoms with Gasteiger partial charge in [-0.1, -0.05) is 0 Å². The van der Waals surface area contributed by atoms with Crippen molar-refractivity contribution in [1.82, 2.24) is 4.40 Å². The van der Waals surface area contributed by atoms with Crippen LogP contribution in [0.25, 0.3) is 4.83 Å². The topological polar surface area (TPSA) is 21.5 Å². The molecule has 0 aliphatic carbocycles. The maximum absolute atomic E-state index is 11.9. The van der Waals surface area contributed by atoms with E-state index < -0.39 is 0 Å². The minimum Gasteiger partial charge on any atom is -0.274 e. The molecule has 0 atom stereocenters. The van der Waals surface area contributed by atoms with Gasteiger partial charge in [0.25, 0.3) is 5.56 Å². The Balaban J connectivity index is 0.00000112. The summed E-state index contributed by atoms with van der Waals surface area (Å²) in [7, 11) is 0. The summed E-state index contributed by atoms with van der Waals surface area (Å²) >= 11 is 7.23. The van der Waals surface area contributed by atoms with Crippen molar-refractivity contribution in [3.05, 3.63) is 39.1 Å². The van der Waals surface area contributed by atoms with Crippen molar-refractivity contribution in [1.29, 1.82) is 0 Å². The van der Waals surface area contributed by atoms with Gasteiger partial charge in [-0.15, -0.1) is 35.3 Å². The van der Waals surface area contributed by atoms with E-state index in [4.69, 9.17) is 11.6 Å². The number of thiazole rings is 1. The van der Waals surface area contributed by atoms with Gasteiger partial charge in [-0.2, -0.15) is 0 Å². The van der Waals surface area contributed by atoms with Crippen molar-refractivity contribution in [2.75, 3.05) is 5.88 Å². The summed E-state index contributed by atoms with van der Waals surface area (Å²) in [6, 6.07) is 2.04. The Labute approximate surface area is 103 Å². The summed E-state index contributed by atoms with van der Waals surface area (Å²) < 4.78 is 1.68. The second kappa shape index (κ2) is 5.01. The number of fused-ring (bicyclic) bond motifs is 1. The average molecular weight is 264 g/mol. The molecule has 0 aliphatic rings. The highest BCUT2D eigenvalue weighted by molar-refractivity contribution is 7.15. The number of aryl methyl sites for hydroxylation is 1. The summed E-state index contributed by atoms with van der Waals surface area (Å²) in [5, 5.41) is 1.92. The van der Waals surface area contributed by atoms with Gasteiger partial charge in [-0.05, 0) is 25.0 Å². The molecule has 0 saturated heterocycles. The lowest BCUT2D eigenvalue weighted by Crippen LogP contribution is -2.18. The summed E-state index contributed by atoms with van der Waals surface area (Å²) in [5.74, 6) is 0.492. The molecule has 0 unspecified atom stereocenters. The van der Waals surface area contributed by atoms with Crippen LogP contribution in [0.15, 0.2) is 22.4 Å². The molecule has 2 aromatic heterocycles. The zero-order valence-corrected chi connectivity index (χ0v) is 10.6. The summed E-state index contributed by atoms with van der Waals surface area (Å²) in [5.41, 5.74) is 1.94. The van der Waals surface area contributed by atoms with Crippen molar-refractivity contribution in [3.63, 3.8) is 0 Å². The molecule has 2 nitrogen and oxygen atoms in total. The molecule has 0 spiro atoms. The van der Waals surface area contributed by atoms with Crippen LogP contribution in [0.2, 0.25) is 0 Å². The minimum atomic E-state index is 0. The Hall–Kier alpha value is -0.510. The molecule has 15 heavy (non-hydrogen) atoms. The normalized spacial score (nSPS) is 10.3. The molecular weight excluding hydrogens is 253 g/mol. The van der Waals surface area contributed by atoms with Crippen molar-refractivity contribution in [2.45, 2.75) is 13.3 Å². The highest BCUT2D eigenvalue weighted by Crippen LogP contribution is 2.13. The molecule has 2 aromatic rings. The maximum Gasteiger partial charge on any atom is 0.259 e. The molecule has 0 bridgehead atoms. The van der Waals surface area contributed by atoms with E-state index in [-0.39, 0.29) is 18.0 Å². The molecule has 5 heteroatoms. The van der Waals surface area contributed by atoms with E-state index >= 15 is 0 Å². The third kappa shape index (κ3) is 2.19. The van der Waals surface area contributed by atoms with Gasteiger partial charge >= 0.3 is 0 Å². The SMILES string of the molecule is Cc1cc2sccn2c(=O)c1CCCl.Cl. The zero-order valence-electron chi connectivity index (χ0n) is 8.20. The Morgan fingerprint density at radius 2 is 2.27 bits per heavy atom. The van der Waals surface area contributed by atoms with Crippen LogP contribution in [0.4, 0.5) is 0 Å². The van der Waals surface area contributed by atoms with E-state index in [9.17, 15) is 4.79 Å². The highest BCUT2D eigenvalue weighted by atomic mass is 35.5. The van der Waals surface area contributed by atoms with Crippen LogP contribution in [0, 0.1) is 6.92 Å². The smallest absolute Gasteiger partial charge is 0.259 e. The molecule has 82 valence electrons. The first-order chi connectivity index (χ1) is 6.74. The Morgan fingerprint density at radius 1 is 1.53 bits per heavy atom. The average Bonchev–Trinajstić information content (AvgIpc) is 2.60. The molecule has 0 aliphatic heterocycles. The van der Waals surface area contributed by atoms with Gasteiger partial charge < -0.3 is 0 Å². The van der Waals surface area contributed by atoms with Gasteiger partial charge in [0.05, 0.1) is 0 Å². The molecule has 0 N–H and O–H groups in total. The first kappa shape index (κ1) is 12.6. The van der Waals surface area contributed by atoms with Crippen LogP contribution in [-0.4, -0.2) is 10.3 Å². The van der Waals surface area contributed by atoms with Gasteiger partial charge in [0.1, 0.15) is 4.83 Å². The highest BCUT2D eigenvalue weighted by Gasteiger charge is 2.07. The van der Waals surface area contributed by atoms with Crippen molar-refractivity contribution < 1.29 is 0 Å². The van der Waals surface area contributed by atoms with E-state index in [0.717, 1.165) is 16.0 Å². The first-order valence-electron chi connectivity index (χ1n) is 4.38. The number of hydrogen-bond acceptors (Lipinski definition) is 2. The van der Waals surface area contributed by atoms with Gasteiger partial charge in [-0.25, -0.2) is 0 Å². The van der Waals surface area contributed by atoms with Crippen LogP contribution < -0.4 is 5.56 Å². The van der Waals surface area contributed by atoms with Crippen molar-refractivity contribution >= 4 is 40.2 Å². The fraction of sp³-hybridized carbons (Fsp3) is 0.300. The van der Waals surface area contributed by atoms with E-state index in [2.05, 4.69) is 0 Å². The molecule has 0 amide bonds. The largest absolute Gasteiger partial charge is 0.274 e. The minimum absolute atomic E-state index is 0. The van der Waals surface area contributed by atoms with E-state index in [1.54, 1.807) is 21.9 Å².